The van der Waals surface area contributed by atoms with Crippen LogP contribution in [-0.2, 0) is 33.5 Å². The Morgan fingerprint density at radius 2 is 1.16 bits per heavy atom. The number of carboxylic acid groups (broad SMARTS) is 1. The lowest BCUT2D eigenvalue weighted by molar-refractivity contribution is -0.176. The minimum atomic E-state index is -0.946. The number of ether oxygens (including phenoxy) is 2. The third-order valence-corrected chi connectivity index (χ3v) is 3.93. The lowest BCUT2D eigenvalue weighted by atomic mass is 10.0. The highest BCUT2D eigenvalue weighted by Crippen LogP contribution is 2.16. The molecule has 0 aromatic rings. The van der Waals surface area contributed by atoms with Gasteiger partial charge in [0.05, 0.1) is 31.8 Å². The third-order valence-electron chi connectivity index (χ3n) is 3.93. The van der Waals surface area contributed by atoms with Gasteiger partial charge < -0.3 is 14.6 Å². The van der Waals surface area contributed by atoms with Crippen LogP contribution in [0.5, 0.6) is 0 Å². The number of hydrogen-bond donors (Lipinski definition) is 1. The average Bonchev–Trinajstić information content (AvgIpc) is 2.60. The monoisotopic (exact) mass is 447 g/mol. The summed E-state index contributed by atoms with van der Waals surface area (Å²) < 4.78 is 10.2. The Balaban J connectivity index is 0. The predicted octanol–water partition coefficient (Wildman–Crippen LogP) is 3.59. The molecule has 31 heavy (non-hydrogen) atoms. The second-order valence-electron chi connectivity index (χ2n) is 9.15. The molecule has 0 aliphatic rings. The smallest absolute Gasteiger partial charge is 0.307 e. The maximum atomic E-state index is 11.8. The van der Waals surface area contributed by atoms with Crippen molar-refractivity contribution in [2.45, 2.75) is 92.3 Å². The van der Waals surface area contributed by atoms with Crippen molar-refractivity contribution in [3.63, 3.8) is 0 Å². The lowest BCUT2D eigenvalue weighted by Gasteiger charge is -2.23. The number of aliphatic carboxylic acids is 1. The molecule has 0 fully saturated rings. The Morgan fingerprint density at radius 1 is 0.806 bits per heavy atom. The van der Waals surface area contributed by atoms with Gasteiger partial charge in [-0.15, -0.1) is 0 Å². The fraction of sp³-hybridized carbons (Fsp3) is 0.818. The van der Waals surface area contributed by atoms with Gasteiger partial charge in [-0.05, 0) is 54.4 Å². The maximum Gasteiger partial charge on any atom is 0.307 e. The highest BCUT2D eigenvalue weighted by Gasteiger charge is 2.26. The largest absolute Gasteiger partial charge is 0.481 e. The summed E-state index contributed by atoms with van der Waals surface area (Å²) in [6.45, 7) is 14.3. The van der Waals surface area contributed by atoms with E-state index >= 15 is 0 Å². The number of hydrogen-bond acceptors (Lipinski definition) is 7. The van der Waals surface area contributed by atoms with Gasteiger partial charge in [0.2, 0.25) is 5.91 Å². The molecule has 0 aromatic carbocycles. The van der Waals surface area contributed by atoms with Crippen LogP contribution in [0.4, 0.5) is 0 Å². The normalized spacial score (nSPS) is 13.2. The molecule has 9 heteroatoms. The Hall–Kier alpha value is -2.16. The molecule has 0 rings (SSSR count). The first-order valence-corrected chi connectivity index (χ1v) is 10.4. The first-order chi connectivity index (χ1) is 14.0. The van der Waals surface area contributed by atoms with E-state index in [4.69, 9.17) is 19.4 Å². The minimum Gasteiger partial charge on any atom is -0.481 e. The number of carboxylic acids is 1. The maximum absolute atomic E-state index is 11.8. The molecule has 0 aliphatic heterocycles. The van der Waals surface area contributed by atoms with E-state index in [9.17, 15) is 19.2 Å². The molecule has 0 saturated heterocycles. The van der Waals surface area contributed by atoms with Crippen LogP contribution in [0.3, 0.4) is 0 Å². The van der Waals surface area contributed by atoms with Crippen LogP contribution in [0.15, 0.2) is 0 Å². The molecule has 0 saturated carbocycles. The van der Waals surface area contributed by atoms with Crippen LogP contribution in [-0.4, -0.2) is 59.3 Å². The molecule has 0 bridgehead atoms. The summed E-state index contributed by atoms with van der Waals surface area (Å²) in [4.78, 5) is 50.1. The van der Waals surface area contributed by atoms with Gasteiger partial charge in [0.15, 0.2) is 0 Å². The van der Waals surface area contributed by atoms with Crippen molar-refractivity contribution in [3.05, 3.63) is 0 Å². The zero-order valence-corrected chi connectivity index (χ0v) is 20.7. The summed E-state index contributed by atoms with van der Waals surface area (Å²) in [5, 5.41) is 9.85. The van der Waals surface area contributed by atoms with E-state index < -0.39 is 35.0 Å². The van der Waals surface area contributed by atoms with E-state index in [0.29, 0.717) is 12.8 Å². The molecular weight excluding hydrogens is 406 g/mol. The number of nitrogens with zero attached hydrogens (tertiary/aromatic N) is 1. The molecule has 9 nitrogen and oxygen atoms in total. The van der Waals surface area contributed by atoms with Gasteiger partial charge in [-0.3, -0.25) is 24.0 Å². The van der Waals surface area contributed by atoms with Crippen molar-refractivity contribution >= 4 is 23.8 Å². The molecule has 0 radical (unpaired) electrons. The molecule has 182 valence electrons. The summed E-state index contributed by atoms with van der Waals surface area (Å²) in [5.41, 5.74) is -1.07. The van der Waals surface area contributed by atoms with Crippen molar-refractivity contribution in [1.29, 1.82) is 0 Å². The zero-order valence-electron chi connectivity index (χ0n) is 20.7. The SMILES string of the molecule is CC[C@H](CC(=O)OC(C)(C)C)C(=O)N(C)OC.CC[C@H](CC(=O)OC(C)(C)C)C(=O)O. The Morgan fingerprint density at radius 3 is 1.42 bits per heavy atom. The number of carbonyl (C=O) groups excluding carboxylic acids is 3. The van der Waals surface area contributed by atoms with Crippen molar-refractivity contribution in [1.82, 2.24) is 5.06 Å². The highest BCUT2D eigenvalue weighted by atomic mass is 16.7. The van der Waals surface area contributed by atoms with Gasteiger partial charge in [0.1, 0.15) is 11.2 Å². The van der Waals surface area contributed by atoms with Crippen molar-refractivity contribution in [2.75, 3.05) is 14.2 Å². The van der Waals surface area contributed by atoms with Crippen molar-refractivity contribution in [2.24, 2.45) is 11.8 Å². The predicted molar refractivity (Wildman–Crippen MR) is 116 cm³/mol. The van der Waals surface area contributed by atoms with Crippen molar-refractivity contribution < 1.29 is 38.6 Å². The summed E-state index contributed by atoms with van der Waals surface area (Å²) >= 11 is 0. The number of rotatable bonds is 9. The van der Waals surface area contributed by atoms with E-state index in [0.717, 1.165) is 5.06 Å². The van der Waals surface area contributed by atoms with E-state index in [1.807, 2.05) is 6.92 Å². The fourth-order valence-corrected chi connectivity index (χ4v) is 2.33. The van der Waals surface area contributed by atoms with Gasteiger partial charge in [-0.1, -0.05) is 13.8 Å². The fourth-order valence-electron chi connectivity index (χ4n) is 2.33. The van der Waals surface area contributed by atoms with Gasteiger partial charge in [-0.2, -0.15) is 0 Å². The van der Waals surface area contributed by atoms with Crippen LogP contribution in [0.2, 0.25) is 0 Å². The molecule has 0 spiro atoms. The number of amides is 1. The second-order valence-corrected chi connectivity index (χ2v) is 9.15. The van der Waals surface area contributed by atoms with E-state index in [1.54, 1.807) is 48.5 Å². The number of hydroxylamine groups is 2. The molecule has 1 N–H and O–H groups in total. The molecule has 0 aromatic heterocycles. The topological polar surface area (TPSA) is 119 Å². The molecule has 0 heterocycles. The summed E-state index contributed by atoms with van der Waals surface area (Å²) in [5.74, 6) is -2.99. The van der Waals surface area contributed by atoms with Crippen LogP contribution >= 0.6 is 0 Å². The number of carbonyl (C=O) groups is 4. The summed E-state index contributed by atoms with van der Waals surface area (Å²) in [7, 11) is 2.94. The first kappa shape index (κ1) is 31.0. The molecule has 2 atom stereocenters. The summed E-state index contributed by atoms with van der Waals surface area (Å²) in [6, 6.07) is 0. The Labute approximate surface area is 186 Å². The van der Waals surface area contributed by atoms with Crippen LogP contribution in [0.25, 0.3) is 0 Å². The molecular formula is C22H41NO8. The number of esters is 2. The molecule has 1 amide bonds. The van der Waals surface area contributed by atoms with E-state index in [2.05, 4.69) is 0 Å². The van der Waals surface area contributed by atoms with Gasteiger partial charge in [0, 0.05) is 7.05 Å². The Bertz CT molecular complexity index is 589. The van der Waals surface area contributed by atoms with Gasteiger partial charge in [0.25, 0.3) is 0 Å². The summed E-state index contributed by atoms with van der Waals surface area (Å²) in [6.07, 6.45) is 1.05. The first-order valence-electron chi connectivity index (χ1n) is 10.4. The highest BCUT2D eigenvalue weighted by molar-refractivity contribution is 5.83. The third kappa shape index (κ3) is 16.2. The minimum absolute atomic E-state index is 0.0525. The zero-order chi connectivity index (χ0) is 25.0. The van der Waals surface area contributed by atoms with E-state index in [1.165, 1.54) is 14.2 Å². The second kappa shape index (κ2) is 14.0. The van der Waals surface area contributed by atoms with Crippen LogP contribution < -0.4 is 0 Å². The van der Waals surface area contributed by atoms with Crippen LogP contribution in [0.1, 0.15) is 81.1 Å². The average molecular weight is 448 g/mol. The van der Waals surface area contributed by atoms with Crippen molar-refractivity contribution in [3.8, 4) is 0 Å². The standard InChI is InChI=1S/C12H23NO4.C10H18O4/c1-7-9(11(15)13(5)16-6)8-10(14)17-12(2,3)4;1-5-7(9(12)13)6-8(11)14-10(2,3)4/h9H,7-8H2,1-6H3;7H,5-6H2,1-4H3,(H,12,13)/t9-;7-/m11/s1. The quantitative estimate of drug-likeness (QED) is 0.421. The molecule has 0 aliphatic carbocycles. The molecule has 0 unspecified atom stereocenters. The van der Waals surface area contributed by atoms with Crippen LogP contribution in [0, 0.1) is 11.8 Å². The van der Waals surface area contributed by atoms with E-state index in [-0.39, 0.29) is 24.7 Å². The van der Waals surface area contributed by atoms with Gasteiger partial charge in [-0.25, -0.2) is 5.06 Å². The Kier molecular flexibility index (Phi) is 14.0. The van der Waals surface area contributed by atoms with Gasteiger partial charge >= 0.3 is 17.9 Å². The lowest BCUT2D eigenvalue weighted by Crippen LogP contribution is -2.34.